The number of aromatic carboxylic acids is 1. The van der Waals surface area contributed by atoms with Gasteiger partial charge in [0, 0.05) is 26.2 Å². The van der Waals surface area contributed by atoms with Gasteiger partial charge in [-0.1, -0.05) is 12.1 Å². The molecule has 0 saturated heterocycles. The molecule has 22 heavy (non-hydrogen) atoms. The van der Waals surface area contributed by atoms with Crippen molar-refractivity contribution in [2.24, 2.45) is 7.05 Å². The molecule has 0 spiro atoms. The first-order valence-electron chi connectivity index (χ1n) is 6.50. The van der Waals surface area contributed by atoms with Crippen LogP contribution in [0, 0.1) is 6.92 Å². The van der Waals surface area contributed by atoms with Crippen molar-refractivity contribution in [3.05, 3.63) is 47.2 Å². The van der Waals surface area contributed by atoms with Gasteiger partial charge < -0.3 is 5.11 Å². The van der Waals surface area contributed by atoms with E-state index < -0.39 is 16.0 Å². The zero-order valence-electron chi connectivity index (χ0n) is 12.5. The largest absolute Gasteiger partial charge is 0.478 e. The Kier molecular flexibility index (Phi) is 4.34. The van der Waals surface area contributed by atoms with Crippen LogP contribution >= 0.6 is 0 Å². The van der Waals surface area contributed by atoms with E-state index in [-0.39, 0.29) is 17.1 Å². The van der Waals surface area contributed by atoms with Gasteiger partial charge in [-0.2, -0.15) is 9.40 Å². The first kappa shape index (κ1) is 16.2. The topological polar surface area (TPSA) is 92.5 Å². The normalized spacial score (nSPS) is 11.8. The second-order valence-corrected chi connectivity index (χ2v) is 6.98. The Hall–Kier alpha value is -2.19. The number of aromatic nitrogens is 2. The number of carboxylic acid groups (broad SMARTS) is 1. The van der Waals surface area contributed by atoms with Crippen molar-refractivity contribution in [3.63, 3.8) is 0 Å². The lowest BCUT2D eigenvalue weighted by molar-refractivity contribution is 0.0697. The summed E-state index contributed by atoms with van der Waals surface area (Å²) in [5, 5.41) is 13.0. The van der Waals surface area contributed by atoms with Gasteiger partial charge in [-0.3, -0.25) is 4.68 Å². The number of hydrogen-bond acceptors (Lipinski definition) is 4. The third-order valence-electron chi connectivity index (χ3n) is 3.32. The van der Waals surface area contributed by atoms with E-state index in [4.69, 9.17) is 5.11 Å². The number of aryl methyl sites for hydroxylation is 2. The van der Waals surface area contributed by atoms with Crippen LogP contribution in [0.3, 0.4) is 0 Å². The Morgan fingerprint density at radius 3 is 2.36 bits per heavy atom. The van der Waals surface area contributed by atoms with Crippen molar-refractivity contribution < 1.29 is 18.3 Å². The molecule has 2 aromatic rings. The van der Waals surface area contributed by atoms with E-state index in [1.807, 2.05) is 0 Å². The molecule has 1 N–H and O–H groups in total. The number of benzene rings is 1. The number of rotatable bonds is 5. The highest BCUT2D eigenvalue weighted by molar-refractivity contribution is 7.89. The lowest BCUT2D eigenvalue weighted by Gasteiger charge is -2.18. The number of sulfonamides is 1. The molecule has 0 saturated carbocycles. The average Bonchev–Trinajstić information content (AvgIpc) is 2.79. The molecule has 1 aromatic carbocycles. The highest BCUT2D eigenvalue weighted by atomic mass is 32.2. The van der Waals surface area contributed by atoms with Crippen LogP contribution < -0.4 is 0 Å². The van der Waals surface area contributed by atoms with Gasteiger partial charge in [0.1, 0.15) is 0 Å². The van der Waals surface area contributed by atoms with E-state index in [0.717, 1.165) is 0 Å². The molecule has 0 atom stereocenters. The van der Waals surface area contributed by atoms with Crippen molar-refractivity contribution in [1.82, 2.24) is 14.1 Å². The molecule has 0 fully saturated rings. The van der Waals surface area contributed by atoms with E-state index >= 15 is 0 Å². The molecule has 118 valence electrons. The first-order chi connectivity index (χ1) is 10.2. The molecule has 0 aliphatic carbocycles. The summed E-state index contributed by atoms with van der Waals surface area (Å²) in [5.41, 5.74) is 1.45. The van der Waals surface area contributed by atoms with Gasteiger partial charge >= 0.3 is 5.97 Å². The van der Waals surface area contributed by atoms with Gasteiger partial charge in [0.05, 0.1) is 11.8 Å². The summed E-state index contributed by atoms with van der Waals surface area (Å²) >= 11 is 0. The number of carboxylic acids is 1. The molecule has 0 radical (unpaired) electrons. The van der Waals surface area contributed by atoms with Gasteiger partial charge in [0.25, 0.3) is 10.0 Å². The minimum atomic E-state index is -3.66. The summed E-state index contributed by atoms with van der Waals surface area (Å²) in [4.78, 5) is 10.8. The smallest absolute Gasteiger partial charge is 0.335 e. The second-order valence-electron chi connectivity index (χ2n) is 5.02. The maximum atomic E-state index is 12.6. The lowest BCUT2D eigenvalue weighted by atomic mass is 10.1. The number of nitrogens with zero attached hydrogens (tertiary/aromatic N) is 3. The summed E-state index contributed by atoms with van der Waals surface area (Å²) in [6, 6.07) is 6.11. The minimum absolute atomic E-state index is 0.146. The standard InChI is InChI=1S/C14H17N3O4S/c1-10-8-15-17(3)13(10)22(20,21)16(2)9-11-4-6-12(7-5-11)14(18)19/h4-8H,9H2,1-3H3,(H,18,19). The second kappa shape index (κ2) is 5.90. The predicted octanol–water partition coefficient (Wildman–Crippen LogP) is 1.25. The quantitative estimate of drug-likeness (QED) is 0.894. The highest BCUT2D eigenvalue weighted by Crippen LogP contribution is 2.19. The SMILES string of the molecule is Cc1cnn(C)c1S(=O)(=O)N(C)Cc1ccc(C(=O)O)cc1. The maximum Gasteiger partial charge on any atom is 0.335 e. The van der Waals surface area contributed by atoms with Crippen LogP contribution in [-0.2, 0) is 23.6 Å². The minimum Gasteiger partial charge on any atom is -0.478 e. The molecule has 0 aliphatic rings. The number of hydrogen-bond donors (Lipinski definition) is 1. The predicted molar refractivity (Wildman–Crippen MR) is 80.0 cm³/mol. The van der Waals surface area contributed by atoms with Crippen molar-refractivity contribution in [3.8, 4) is 0 Å². The van der Waals surface area contributed by atoms with Gasteiger partial charge in [-0.05, 0) is 24.6 Å². The molecular formula is C14H17N3O4S. The fourth-order valence-corrected chi connectivity index (χ4v) is 3.60. The van der Waals surface area contributed by atoms with Crippen molar-refractivity contribution in [2.75, 3.05) is 7.05 Å². The highest BCUT2D eigenvalue weighted by Gasteiger charge is 2.26. The van der Waals surface area contributed by atoms with E-state index in [2.05, 4.69) is 5.10 Å². The first-order valence-corrected chi connectivity index (χ1v) is 7.94. The van der Waals surface area contributed by atoms with Gasteiger partial charge in [0.15, 0.2) is 5.03 Å². The van der Waals surface area contributed by atoms with Crippen LogP contribution in [0.5, 0.6) is 0 Å². The maximum absolute atomic E-state index is 12.6. The van der Waals surface area contributed by atoms with Gasteiger partial charge in [-0.15, -0.1) is 0 Å². The third kappa shape index (κ3) is 3.02. The van der Waals surface area contributed by atoms with E-state index in [1.54, 1.807) is 26.1 Å². The zero-order valence-corrected chi connectivity index (χ0v) is 13.3. The molecule has 2 rings (SSSR count). The lowest BCUT2D eigenvalue weighted by Crippen LogP contribution is -2.28. The van der Waals surface area contributed by atoms with Crippen LogP contribution in [0.4, 0.5) is 0 Å². The van der Waals surface area contributed by atoms with Crippen molar-refractivity contribution in [2.45, 2.75) is 18.5 Å². The van der Waals surface area contributed by atoms with Crippen LogP contribution in [0.15, 0.2) is 35.5 Å². The molecule has 0 unspecified atom stereocenters. The van der Waals surface area contributed by atoms with E-state index in [9.17, 15) is 13.2 Å². The number of carbonyl (C=O) groups is 1. The zero-order chi connectivity index (χ0) is 16.5. The summed E-state index contributed by atoms with van der Waals surface area (Å²) < 4.78 is 27.7. The summed E-state index contributed by atoms with van der Waals surface area (Å²) in [7, 11) is -0.606. The van der Waals surface area contributed by atoms with E-state index in [0.29, 0.717) is 11.1 Å². The van der Waals surface area contributed by atoms with E-state index in [1.165, 1.54) is 34.4 Å². The van der Waals surface area contributed by atoms with Crippen LogP contribution in [-0.4, -0.2) is 40.6 Å². The molecule has 0 bridgehead atoms. The Bertz CT molecular complexity index is 774. The summed E-state index contributed by atoms with van der Waals surface area (Å²) in [6.45, 7) is 1.84. The molecule has 0 aliphatic heterocycles. The summed E-state index contributed by atoms with van der Waals surface area (Å²) in [6.07, 6.45) is 1.50. The Morgan fingerprint density at radius 2 is 1.91 bits per heavy atom. The average molecular weight is 323 g/mol. The Balaban J connectivity index is 2.24. The van der Waals surface area contributed by atoms with Crippen molar-refractivity contribution >= 4 is 16.0 Å². The monoisotopic (exact) mass is 323 g/mol. The van der Waals surface area contributed by atoms with Crippen LogP contribution in [0.25, 0.3) is 0 Å². The van der Waals surface area contributed by atoms with Crippen LogP contribution in [0.2, 0.25) is 0 Å². The van der Waals surface area contributed by atoms with Crippen LogP contribution in [0.1, 0.15) is 21.5 Å². The molecule has 1 aromatic heterocycles. The molecule has 0 amide bonds. The summed E-state index contributed by atoms with van der Waals surface area (Å²) in [5.74, 6) is -1.02. The van der Waals surface area contributed by atoms with Crippen molar-refractivity contribution in [1.29, 1.82) is 0 Å². The fraction of sp³-hybridized carbons (Fsp3) is 0.286. The third-order valence-corrected chi connectivity index (χ3v) is 5.34. The molecule has 8 heteroatoms. The Labute approximate surface area is 128 Å². The Morgan fingerprint density at radius 1 is 1.32 bits per heavy atom. The van der Waals surface area contributed by atoms with Gasteiger partial charge in [0.2, 0.25) is 0 Å². The molecular weight excluding hydrogens is 306 g/mol. The van der Waals surface area contributed by atoms with Gasteiger partial charge in [-0.25, -0.2) is 13.2 Å². The fourth-order valence-electron chi connectivity index (χ4n) is 2.15. The molecule has 7 nitrogen and oxygen atoms in total. The molecule has 1 heterocycles.